The Kier molecular flexibility index (Phi) is 28.6. The zero-order valence-corrected chi connectivity index (χ0v) is 80.7. The van der Waals surface area contributed by atoms with Crippen LogP contribution in [0.2, 0.25) is 0 Å². The number of benzene rings is 5. The molecule has 10 aromatic heterocycles. The van der Waals surface area contributed by atoms with Crippen molar-refractivity contribution in [3.63, 3.8) is 0 Å². The summed E-state index contributed by atoms with van der Waals surface area (Å²) < 4.78 is 20.0. The Balaban J connectivity index is 0.000000106. The van der Waals surface area contributed by atoms with Crippen molar-refractivity contribution in [2.24, 2.45) is 11.8 Å². The number of nitrogens with one attached hydrogen (secondary N) is 6. The molecule has 19 heterocycles. The minimum atomic E-state index is -0.275. The number of rotatable bonds is 20. The van der Waals surface area contributed by atoms with Crippen molar-refractivity contribution in [3.8, 4) is 0 Å². The summed E-state index contributed by atoms with van der Waals surface area (Å²) in [5, 5.41) is 20.5. The number of likely N-dealkylation sites (tertiary alicyclic amines) is 1. The van der Waals surface area contributed by atoms with Gasteiger partial charge in [0.15, 0.2) is 54.1 Å². The molecule has 0 saturated carbocycles. The maximum Gasteiger partial charge on any atom is 0.283 e. The second-order valence-electron chi connectivity index (χ2n) is 35.1. The fourth-order valence-corrected chi connectivity index (χ4v) is 22.9. The largest absolute Gasteiger partial charge is 0.376 e. The van der Waals surface area contributed by atoms with E-state index in [9.17, 15) is 28.4 Å². The second kappa shape index (κ2) is 42.6. The van der Waals surface area contributed by atoms with Crippen LogP contribution in [0.1, 0.15) is 122 Å². The molecule has 24 rings (SSSR count). The molecule has 5 amide bonds. The molecule has 9 aliphatic rings. The van der Waals surface area contributed by atoms with E-state index in [0.717, 1.165) is 245 Å². The van der Waals surface area contributed by atoms with E-state index in [1.54, 1.807) is 31.4 Å². The number of piperidine rings is 2. The van der Waals surface area contributed by atoms with Gasteiger partial charge >= 0.3 is 0 Å². The van der Waals surface area contributed by atoms with Gasteiger partial charge in [-0.2, -0.15) is 0 Å². The van der Waals surface area contributed by atoms with Crippen LogP contribution in [0.3, 0.4) is 0 Å². The number of fused-ring (bicyclic) bond motifs is 10. The Bertz CT molecular complexity index is 6950. The van der Waals surface area contributed by atoms with E-state index in [2.05, 4.69) is 223 Å². The first-order valence-corrected chi connectivity index (χ1v) is 51.1. The van der Waals surface area contributed by atoms with Crippen LogP contribution < -0.4 is 56.4 Å². The zero-order valence-electron chi connectivity index (χ0n) is 76.7. The fourth-order valence-electron chi connectivity index (χ4n) is 18.8. The van der Waals surface area contributed by atoms with E-state index in [1.807, 2.05) is 47.2 Å². The summed E-state index contributed by atoms with van der Waals surface area (Å²) in [6.45, 7) is 15.6. The van der Waals surface area contributed by atoms with Gasteiger partial charge in [0.25, 0.3) is 29.5 Å². The SMILES string of the molecule is CN1CCC(CNC(=O)c2nc3c(N4CCc5cccc(F)c54)ncnc3s2)CC1.CN1CCN(C(=O)c2nc3c(N4CCc5ccccc54)ncnc3s2)CC1.CNCCCNC(=O)c1nc2c(N3CCc4ccccc43)ncnc2s1.O=C(NCC1CCCO1)c1nc2c(N3CCc4ccccc43)ncnc2s1.O=C(NCC1CCNCC1)c1nc2c(N3CCc4ccccc43)ncnc2s1. The molecule has 1 unspecified atom stereocenters. The summed E-state index contributed by atoms with van der Waals surface area (Å²) in [5.74, 6) is 3.78. The Morgan fingerprint density at radius 3 is 1.15 bits per heavy atom. The number of likely N-dealkylation sites (N-methyl/N-ethyl adjacent to an activating group) is 1. The van der Waals surface area contributed by atoms with Crippen molar-refractivity contribution in [3.05, 3.63) is 206 Å². The Morgan fingerprint density at radius 1 is 0.384 bits per heavy atom. The van der Waals surface area contributed by atoms with Crippen molar-refractivity contribution >= 4 is 195 Å². The number of halogens is 1. The maximum absolute atomic E-state index is 14.5. The summed E-state index contributed by atoms with van der Waals surface area (Å²) in [7, 11) is 6.10. The first-order chi connectivity index (χ1) is 67.7. The molecule has 41 heteroatoms. The van der Waals surface area contributed by atoms with E-state index >= 15 is 0 Å². The lowest BCUT2D eigenvalue weighted by atomic mass is 9.97. The number of hydrogen-bond acceptors (Lipinski definition) is 35. The van der Waals surface area contributed by atoms with Crippen molar-refractivity contribution in [2.75, 3.05) is 170 Å². The van der Waals surface area contributed by atoms with Gasteiger partial charge in [-0.25, -0.2) is 79.2 Å². The minimum Gasteiger partial charge on any atom is -0.376 e. The average Bonchev–Trinajstić information content (AvgIpc) is 1.63. The monoisotopic (exact) mass is 1950 g/mol. The third-order valence-electron chi connectivity index (χ3n) is 26.2. The molecule has 4 fully saturated rings. The molecule has 0 spiro atoms. The van der Waals surface area contributed by atoms with Gasteiger partial charge in [-0.05, 0) is 201 Å². The number of piperazine rings is 1. The van der Waals surface area contributed by atoms with E-state index in [4.69, 9.17) is 4.74 Å². The van der Waals surface area contributed by atoms with Crippen LogP contribution in [0.15, 0.2) is 147 Å². The van der Waals surface area contributed by atoms with Crippen LogP contribution in [0, 0.1) is 17.7 Å². The van der Waals surface area contributed by atoms with Crippen molar-refractivity contribution in [2.45, 2.75) is 83.2 Å². The molecular formula is C97H104FN29O6S5. The third kappa shape index (κ3) is 20.4. The van der Waals surface area contributed by atoms with Crippen molar-refractivity contribution in [1.82, 2.24) is 121 Å². The number of anilines is 10. The van der Waals surface area contributed by atoms with Crippen LogP contribution in [0.4, 0.5) is 61.9 Å². The van der Waals surface area contributed by atoms with Gasteiger partial charge in [-0.15, -0.1) is 0 Å². The molecule has 0 radical (unpaired) electrons. The molecule has 9 aliphatic heterocycles. The van der Waals surface area contributed by atoms with E-state index < -0.39 is 0 Å². The standard InChI is InChI=1S/C21H23FN6OS.C20H22N6OS.C19H20N6OS.C19H19N5O2S.C18H20N6OS/c1-27-8-5-13(6-9-27)11-23-19(29)21-26-16-18(24-12-25-20(16)30-21)28-10-7-14-3-2-4-15(22)17(14)28;27-18(22-11-13-5-8-21-9-6-13)20-25-16-17(23-12-24-19(16)28-20)26-10-7-14-3-1-2-4-15(14)26;1-23-8-10-24(11-9-23)19(26)18-22-15-16(20-12-21-17(15)27-18)25-7-6-13-4-2-3-5-14(13)25;25-17(20-10-13-5-3-9-26-13)19-23-15-16(21-11-22-18(15)27-19)24-8-7-12-4-1-2-6-14(12)24;1-19-8-4-9-20-16(25)18-23-14-15(21-11-22-17(14)26-18)24-10-7-12-5-2-3-6-13(12)24/h2-4,12-13H,5-11H2,1H3,(H,23,29);1-4,12-13,21H,5-11H2,(H,22,27);2-5,12H,6-11H2,1H3;1-2,4,6,11,13H,3,5,7-10H2,(H,20,25);2-3,5-6,11,19H,4,7-10H2,1H3,(H,20,25). The predicted molar refractivity (Wildman–Crippen MR) is 538 cm³/mol. The molecule has 138 heavy (non-hydrogen) atoms. The number of amides is 5. The Morgan fingerprint density at radius 2 is 0.739 bits per heavy atom. The normalized spacial score (nSPS) is 16.9. The average molecular weight is 1950 g/mol. The number of thiazole rings is 5. The molecule has 35 nitrogen and oxygen atoms in total. The first kappa shape index (κ1) is 92.7. The fraction of sp³-hybridized carbons (Fsp3) is 0.381. The summed E-state index contributed by atoms with van der Waals surface area (Å²) in [4.78, 5) is 151. The van der Waals surface area contributed by atoms with E-state index in [1.165, 1.54) is 91.3 Å². The molecule has 15 aromatic rings. The summed E-state index contributed by atoms with van der Waals surface area (Å²) in [6.07, 6.45) is 19.8. The number of carbonyl (C=O) groups is 5. The number of carbonyl (C=O) groups excluding carboxylic acids is 5. The third-order valence-corrected chi connectivity index (χ3v) is 31.0. The van der Waals surface area contributed by atoms with Crippen LogP contribution >= 0.6 is 56.7 Å². The van der Waals surface area contributed by atoms with Gasteiger partial charge in [0, 0.05) is 114 Å². The number of hydrogen-bond donors (Lipinski definition) is 6. The Labute approximate surface area is 815 Å². The lowest BCUT2D eigenvalue weighted by molar-refractivity contribution is 0.0663. The van der Waals surface area contributed by atoms with E-state index in [-0.39, 0.29) is 41.5 Å². The molecule has 5 aromatic carbocycles. The topological polar surface area (TPSA) is 386 Å². The molecule has 0 bridgehead atoms. The highest BCUT2D eigenvalue weighted by atomic mass is 32.1. The minimum absolute atomic E-state index is 0.00104. The highest BCUT2D eigenvalue weighted by Gasteiger charge is 2.35. The van der Waals surface area contributed by atoms with E-state index in [0.29, 0.717) is 108 Å². The summed E-state index contributed by atoms with van der Waals surface area (Å²) in [5.41, 5.74) is 14.7. The Hall–Kier alpha value is -13.0. The van der Waals surface area contributed by atoms with Crippen LogP contribution in [-0.2, 0) is 36.8 Å². The molecule has 710 valence electrons. The van der Waals surface area contributed by atoms with Gasteiger partial charge in [-0.3, -0.25) is 24.0 Å². The highest BCUT2D eigenvalue weighted by molar-refractivity contribution is 7.21. The molecule has 0 aliphatic carbocycles. The zero-order chi connectivity index (χ0) is 94.1. The molecule has 4 saturated heterocycles. The lowest BCUT2D eigenvalue weighted by Crippen LogP contribution is -2.47. The van der Waals surface area contributed by atoms with Gasteiger partial charge in [0.1, 0.15) is 89.2 Å². The van der Waals surface area contributed by atoms with Crippen LogP contribution in [0.25, 0.3) is 51.7 Å². The number of nitrogens with zero attached hydrogens (tertiary/aromatic N) is 23. The number of ether oxygens (including phenoxy) is 1. The molecule has 1 atom stereocenters. The molecular weight excluding hydrogens is 1850 g/mol. The van der Waals surface area contributed by atoms with Gasteiger partial charge in [0.05, 0.1) is 11.8 Å². The quantitative estimate of drug-likeness (QED) is 0.0386. The number of para-hydroxylation sites is 5. The van der Waals surface area contributed by atoms with Gasteiger partial charge in [0.2, 0.25) is 0 Å². The van der Waals surface area contributed by atoms with Gasteiger partial charge < -0.3 is 75.8 Å². The lowest BCUT2D eigenvalue weighted by Gasteiger charge is -2.31. The number of aromatic nitrogens is 15. The maximum atomic E-state index is 14.5. The van der Waals surface area contributed by atoms with Gasteiger partial charge in [-0.1, -0.05) is 142 Å². The highest BCUT2D eigenvalue weighted by Crippen LogP contribution is 2.44. The summed E-state index contributed by atoms with van der Waals surface area (Å²) in [6, 6.07) is 38.5. The predicted octanol–water partition coefficient (Wildman–Crippen LogP) is 12.5. The van der Waals surface area contributed by atoms with Crippen molar-refractivity contribution in [1.29, 1.82) is 0 Å². The molecule has 6 N–H and O–H groups in total. The second-order valence-corrected chi connectivity index (χ2v) is 40.0. The van der Waals surface area contributed by atoms with Crippen LogP contribution in [-0.4, -0.2) is 271 Å². The van der Waals surface area contributed by atoms with Crippen LogP contribution in [0.5, 0.6) is 0 Å². The first-order valence-electron chi connectivity index (χ1n) is 47.0. The smallest absolute Gasteiger partial charge is 0.283 e. The van der Waals surface area contributed by atoms with Crippen molar-refractivity contribution < 1.29 is 33.1 Å². The summed E-state index contributed by atoms with van der Waals surface area (Å²) >= 11 is 6.55.